The highest BCUT2D eigenvalue weighted by Gasteiger charge is 2.35. The van der Waals surface area contributed by atoms with Crippen LogP contribution in [0.4, 0.5) is 10.5 Å². The van der Waals surface area contributed by atoms with Crippen LogP contribution in [0.25, 0.3) is 6.08 Å². The first-order valence-electron chi connectivity index (χ1n) is 8.05. The second-order valence-electron chi connectivity index (χ2n) is 5.62. The molecule has 0 saturated carbocycles. The third-order valence-electron chi connectivity index (χ3n) is 3.64. The van der Waals surface area contributed by atoms with Crippen LogP contribution >= 0.6 is 23.4 Å². The minimum atomic E-state index is -0.478. The van der Waals surface area contributed by atoms with Gasteiger partial charge in [0, 0.05) is 10.7 Å². The number of carbonyl (C=O) groups excluding carboxylic acids is 3. The molecule has 2 aromatic rings. The molecule has 1 fully saturated rings. The molecule has 3 rings (SSSR count). The summed E-state index contributed by atoms with van der Waals surface area (Å²) in [7, 11) is 0. The number of hydrogen-bond donors (Lipinski definition) is 1. The van der Waals surface area contributed by atoms with Crippen molar-refractivity contribution in [3.05, 3.63) is 82.2 Å². The standard InChI is InChI=1S/C20H15ClN2O3S/c21-15-9-11-16(12-10-15)22-18(24)13-23-19(25)17(27-20(23)26)8-4-7-14-5-2-1-3-6-14/h1-12H,13H2,(H,22,24)/b7-4-,17-8+. The lowest BCUT2D eigenvalue weighted by Gasteiger charge is -2.12. The van der Waals surface area contributed by atoms with E-state index in [0.29, 0.717) is 10.7 Å². The summed E-state index contributed by atoms with van der Waals surface area (Å²) in [4.78, 5) is 37.8. The van der Waals surface area contributed by atoms with Crippen molar-refractivity contribution in [1.82, 2.24) is 4.90 Å². The Morgan fingerprint density at radius 3 is 2.48 bits per heavy atom. The van der Waals surface area contributed by atoms with Gasteiger partial charge >= 0.3 is 0 Å². The van der Waals surface area contributed by atoms with Crippen LogP contribution in [0.5, 0.6) is 0 Å². The van der Waals surface area contributed by atoms with Gasteiger partial charge in [-0.25, -0.2) is 0 Å². The van der Waals surface area contributed by atoms with Crippen LogP contribution in [-0.4, -0.2) is 28.5 Å². The van der Waals surface area contributed by atoms with Crippen molar-refractivity contribution in [2.24, 2.45) is 0 Å². The van der Waals surface area contributed by atoms with Crippen LogP contribution in [0.15, 0.2) is 71.7 Å². The fourth-order valence-electron chi connectivity index (χ4n) is 2.34. The lowest BCUT2D eigenvalue weighted by atomic mass is 10.2. The third-order valence-corrected chi connectivity index (χ3v) is 4.82. The number of nitrogens with one attached hydrogen (secondary N) is 1. The number of carbonyl (C=O) groups is 3. The Hall–Kier alpha value is -2.83. The Kier molecular flexibility index (Phi) is 6.11. The molecule has 0 aromatic heterocycles. The van der Waals surface area contributed by atoms with Crippen LogP contribution in [0.2, 0.25) is 5.02 Å². The number of hydrogen-bond acceptors (Lipinski definition) is 4. The lowest BCUT2D eigenvalue weighted by molar-refractivity contribution is -0.127. The predicted molar refractivity (Wildman–Crippen MR) is 108 cm³/mol. The molecule has 0 spiro atoms. The molecule has 0 bridgehead atoms. The maximum Gasteiger partial charge on any atom is 0.294 e. The minimum Gasteiger partial charge on any atom is -0.325 e. The molecule has 0 radical (unpaired) electrons. The largest absolute Gasteiger partial charge is 0.325 e. The van der Waals surface area contributed by atoms with Gasteiger partial charge in [-0.05, 0) is 47.7 Å². The molecule has 1 aliphatic rings. The van der Waals surface area contributed by atoms with Gasteiger partial charge in [-0.1, -0.05) is 54.1 Å². The van der Waals surface area contributed by atoms with Gasteiger partial charge in [0.05, 0.1) is 4.91 Å². The molecule has 1 heterocycles. The molecule has 7 heteroatoms. The van der Waals surface area contributed by atoms with Crippen molar-refractivity contribution in [1.29, 1.82) is 0 Å². The zero-order valence-corrected chi connectivity index (χ0v) is 15.7. The van der Waals surface area contributed by atoms with Gasteiger partial charge in [-0.3, -0.25) is 19.3 Å². The number of rotatable bonds is 5. The first-order chi connectivity index (χ1) is 13.0. The van der Waals surface area contributed by atoms with E-state index in [4.69, 9.17) is 11.6 Å². The number of allylic oxidation sites excluding steroid dienone is 2. The number of amides is 3. The topological polar surface area (TPSA) is 66.5 Å². The van der Waals surface area contributed by atoms with E-state index in [1.807, 2.05) is 36.4 Å². The highest BCUT2D eigenvalue weighted by molar-refractivity contribution is 8.18. The van der Waals surface area contributed by atoms with Gasteiger partial charge in [0.15, 0.2) is 0 Å². The van der Waals surface area contributed by atoms with E-state index in [2.05, 4.69) is 5.32 Å². The van der Waals surface area contributed by atoms with Crippen molar-refractivity contribution >= 4 is 52.2 Å². The molecule has 1 N–H and O–H groups in total. The maximum atomic E-state index is 12.4. The molecule has 0 atom stereocenters. The van der Waals surface area contributed by atoms with Gasteiger partial charge in [0.1, 0.15) is 6.54 Å². The maximum absolute atomic E-state index is 12.4. The quantitative estimate of drug-likeness (QED) is 0.749. The summed E-state index contributed by atoms with van der Waals surface area (Å²) < 4.78 is 0. The zero-order chi connectivity index (χ0) is 19.2. The van der Waals surface area contributed by atoms with Crippen LogP contribution in [-0.2, 0) is 9.59 Å². The Bertz CT molecular complexity index is 924. The van der Waals surface area contributed by atoms with E-state index in [0.717, 1.165) is 22.2 Å². The third kappa shape index (κ3) is 5.09. The van der Waals surface area contributed by atoms with Crippen molar-refractivity contribution in [2.45, 2.75) is 0 Å². The zero-order valence-electron chi connectivity index (χ0n) is 14.1. The van der Waals surface area contributed by atoms with Crippen LogP contribution in [0, 0.1) is 0 Å². The second kappa shape index (κ2) is 8.70. The van der Waals surface area contributed by atoms with E-state index in [-0.39, 0.29) is 11.4 Å². The summed E-state index contributed by atoms with van der Waals surface area (Å²) >= 11 is 6.61. The number of benzene rings is 2. The monoisotopic (exact) mass is 398 g/mol. The predicted octanol–water partition coefficient (Wildman–Crippen LogP) is 4.57. The summed E-state index contributed by atoms with van der Waals surface area (Å²) in [5, 5.41) is 2.71. The summed E-state index contributed by atoms with van der Waals surface area (Å²) in [5.41, 5.74) is 1.52. The van der Waals surface area contributed by atoms with E-state index < -0.39 is 17.1 Å². The summed E-state index contributed by atoms with van der Waals surface area (Å²) in [6, 6.07) is 16.1. The SMILES string of the molecule is O=C(CN1C(=O)S/C(=C/C=C\c2ccccc2)C1=O)Nc1ccc(Cl)cc1. The number of nitrogens with zero attached hydrogens (tertiary/aromatic N) is 1. The molecule has 1 aliphatic heterocycles. The highest BCUT2D eigenvalue weighted by atomic mass is 35.5. The Labute approximate surface area is 165 Å². The van der Waals surface area contributed by atoms with Gasteiger partial charge in [0.2, 0.25) is 5.91 Å². The van der Waals surface area contributed by atoms with Gasteiger partial charge in [0.25, 0.3) is 11.1 Å². The number of thioether (sulfide) groups is 1. The van der Waals surface area contributed by atoms with Crippen LogP contribution < -0.4 is 5.32 Å². The average Bonchev–Trinajstić information content (AvgIpc) is 2.92. The molecule has 1 saturated heterocycles. The Morgan fingerprint density at radius 2 is 1.78 bits per heavy atom. The van der Waals surface area contributed by atoms with Gasteiger partial charge in [-0.15, -0.1) is 0 Å². The van der Waals surface area contributed by atoms with Crippen molar-refractivity contribution in [3.8, 4) is 0 Å². The molecule has 27 heavy (non-hydrogen) atoms. The Morgan fingerprint density at radius 1 is 1.07 bits per heavy atom. The molecular weight excluding hydrogens is 384 g/mol. The van der Waals surface area contributed by atoms with E-state index in [1.165, 1.54) is 0 Å². The lowest BCUT2D eigenvalue weighted by Crippen LogP contribution is -2.36. The first kappa shape index (κ1) is 18.9. The van der Waals surface area contributed by atoms with Gasteiger partial charge in [-0.2, -0.15) is 0 Å². The van der Waals surface area contributed by atoms with Gasteiger partial charge < -0.3 is 5.32 Å². The van der Waals surface area contributed by atoms with E-state index in [9.17, 15) is 14.4 Å². The van der Waals surface area contributed by atoms with E-state index >= 15 is 0 Å². The summed E-state index contributed by atoms with van der Waals surface area (Å²) in [5.74, 6) is -0.935. The fraction of sp³-hybridized carbons (Fsp3) is 0.0500. The summed E-state index contributed by atoms with van der Waals surface area (Å²) in [6.07, 6.45) is 5.12. The molecule has 2 aromatic carbocycles. The normalized spacial score (nSPS) is 15.7. The Balaban J connectivity index is 1.61. The molecule has 0 aliphatic carbocycles. The molecular formula is C20H15ClN2O3S. The summed E-state index contributed by atoms with van der Waals surface area (Å²) in [6.45, 7) is -0.340. The molecule has 136 valence electrons. The van der Waals surface area contributed by atoms with Crippen molar-refractivity contribution < 1.29 is 14.4 Å². The molecule has 5 nitrogen and oxygen atoms in total. The van der Waals surface area contributed by atoms with E-state index in [1.54, 1.807) is 36.4 Å². The fourth-order valence-corrected chi connectivity index (χ4v) is 3.25. The molecule has 3 amide bonds. The van der Waals surface area contributed by atoms with Crippen LogP contribution in [0.3, 0.4) is 0 Å². The number of halogens is 1. The highest BCUT2D eigenvalue weighted by Crippen LogP contribution is 2.30. The van der Waals surface area contributed by atoms with Crippen molar-refractivity contribution in [3.63, 3.8) is 0 Å². The first-order valence-corrected chi connectivity index (χ1v) is 9.25. The smallest absolute Gasteiger partial charge is 0.294 e. The van der Waals surface area contributed by atoms with Crippen LogP contribution in [0.1, 0.15) is 5.56 Å². The minimum absolute atomic E-state index is 0.284. The average molecular weight is 399 g/mol. The van der Waals surface area contributed by atoms with Crippen molar-refractivity contribution in [2.75, 3.05) is 11.9 Å². The molecule has 0 unspecified atom stereocenters. The second-order valence-corrected chi connectivity index (χ2v) is 7.04. The number of anilines is 1. The number of imide groups is 1.